The number of hydrogen-bond donors (Lipinski definition) is 2. The molecule has 18 heavy (non-hydrogen) atoms. The Balaban J connectivity index is 2.40. The lowest BCUT2D eigenvalue weighted by Gasteiger charge is -2.25. The molecule has 2 N–H and O–H groups in total. The summed E-state index contributed by atoms with van der Waals surface area (Å²) in [6.07, 6.45) is 2.60. The Labute approximate surface area is 112 Å². The summed E-state index contributed by atoms with van der Waals surface area (Å²) in [5.41, 5.74) is 1.59. The zero-order valence-corrected chi connectivity index (χ0v) is 11.6. The molecule has 1 aromatic heterocycles. The molecule has 2 aromatic rings. The summed E-state index contributed by atoms with van der Waals surface area (Å²) in [7, 11) is 1.81. The molecule has 96 valence electrons. The van der Waals surface area contributed by atoms with Gasteiger partial charge in [0.2, 0.25) is 0 Å². The number of rotatable bonds is 4. The number of aromatic nitrogens is 1. The number of halogens is 1. The molecule has 0 spiro atoms. The van der Waals surface area contributed by atoms with Crippen LogP contribution in [0.3, 0.4) is 0 Å². The van der Waals surface area contributed by atoms with Crippen LogP contribution in [0.4, 0.5) is 0 Å². The molecular weight excluding hydrogens is 248 g/mol. The van der Waals surface area contributed by atoms with Crippen molar-refractivity contribution in [1.29, 1.82) is 0 Å². The predicted molar refractivity (Wildman–Crippen MR) is 75.2 cm³/mol. The van der Waals surface area contributed by atoms with Gasteiger partial charge in [-0.05, 0) is 45.0 Å². The monoisotopic (exact) mass is 264 g/mol. The molecule has 0 bridgehead atoms. The molecule has 0 saturated carbocycles. The number of carbonyl (C=O) groups is 1. The molecule has 0 fully saturated rings. The quantitative estimate of drug-likeness (QED) is 0.892. The molecule has 0 saturated heterocycles. The van der Waals surface area contributed by atoms with Gasteiger partial charge >= 0.3 is 0 Å². The third-order valence-corrected chi connectivity index (χ3v) is 3.84. The summed E-state index contributed by atoms with van der Waals surface area (Å²) in [5.74, 6) is 0.133. The summed E-state index contributed by atoms with van der Waals surface area (Å²) < 4.78 is 0. The molecule has 0 aliphatic rings. The molecule has 0 radical (unpaired) electrons. The van der Waals surface area contributed by atoms with Crippen LogP contribution in [0.25, 0.3) is 10.9 Å². The Morgan fingerprint density at radius 3 is 2.83 bits per heavy atom. The normalized spacial score (nSPS) is 14.7. The van der Waals surface area contributed by atoms with Gasteiger partial charge in [0.25, 0.3) is 0 Å². The Hall–Kier alpha value is -1.32. The van der Waals surface area contributed by atoms with Gasteiger partial charge in [-0.2, -0.15) is 0 Å². The van der Waals surface area contributed by atoms with Gasteiger partial charge in [-0.15, -0.1) is 0 Å². The van der Waals surface area contributed by atoms with Gasteiger partial charge in [-0.25, -0.2) is 0 Å². The van der Waals surface area contributed by atoms with E-state index in [-0.39, 0.29) is 5.78 Å². The SMILES string of the molecule is CN[C@@](C)(Cc1c[nH]c2cc(Cl)ccc12)C(C)=O. The van der Waals surface area contributed by atoms with Gasteiger partial charge in [0.1, 0.15) is 5.78 Å². The number of aromatic amines is 1. The fourth-order valence-electron chi connectivity index (χ4n) is 2.07. The number of ketones is 1. The van der Waals surface area contributed by atoms with Crippen molar-refractivity contribution in [2.24, 2.45) is 0 Å². The second kappa shape index (κ2) is 4.75. The average Bonchev–Trinajstić information content (AvgIpc) is 2.71. The zero-order valence-electron chi connectivity index (χ0n) is 10.8. The fraction of sp³-hybridized carbons (Fsp3) is 0.357. The van der Waals surface area contributed by atoms with Crippen LogP contribution in [0.2, 0.25) is 5.02 Å². The van der Waals surface area contributed by atoms with Crippen LogP contribution in [0.15, 0.2) is 24.4 Å². The molecule has 1 heterocycles. The summed E-state index contributed by atoms with van der Waals surface area (Å²) >= 11 is 5.95. The van der Waals surface area contributed by atoms with Crippen molar-refractivity contribution in [2.75, 3.05) is 7.05 Å². The Morgan fingerprint density at radius 2 is 2.22 bits per heavy atom. The van der Waals surface area contributed by atoms with Gasteiger partial charge in [0.15, 0.2) is 0 Å². The summed E-state index contributed by atoms with van der Waals surface area (Å²) in [6, 6.07) is 5.75. The van der Waals surface area contributed by atoms with Crippen LogP contribution >= 0.6 is 11.6 Å². The second-order valence-corrected chi connectivity index (χ2v) is 5.26. The van der Waals surface area contributed by atoms with Gasteiger partial charge in [-0.1, -0.05) is 17.7 Å². The van der Waals surface area contributed by atoms with E-state index in [1.165, 1.54) is 0 Å². The number of benzene rings is 1. The molecule has 1 aromatic carbocycles. The van der Waals surface area contributed by atoms with Crippen molar-refractivity contribution in [3.63, 3.8) is 0 Å². The van der Waals surface area contributed by atoms with E-state index < -0.39 is 5.54 Å². The number of hydrogen-bond acceptors (Lipinski definition) is 2. The highest BCUT2D eigenvalue weighted by atomic mass is 35.5. The maximum Gasteiger partial charge on any atom is 0.149 e. The standard InChI is InChI=1S/C14H17ClN2O/c1-9(18)14(2,16-3)7-10-8-17-13-6-11(15)4-5-12(10)13/h4-6,8,16-17H,7H2,1-3H3/t14-/m0/s1. The average molecular weight is 265 g/mol. The minimum absolute atomic E-state index is 0.133. The first kappa shape index (κ1) is 13.1. The van der Waals surface area contributed by atoms with E-state index in [1.807, 2.05) is 38.4 Å². The summed E-state index contributed by atoms with van der Waals surface area (Å²) in [5, 5.41) is 4.92. The lowest BCUT2D eigenvalue weighted by Crippen LogP contribution is -2.48. The van der Waals surface area contributed by atoms with Crippen LogP contribution < -0.4 is 5.32 Å². The largest absolute Gasteiger partial charge is 0.361 e. The Kier molecular flexibility index (Phi) is 3.46. The lowest BCUT2D eigenvalue weighted by atomic mass is 9.89. The first-order valence-corrected chi connectivity index (χ1v) is 6.29. The third kappa shape index (κ3) is 2.28. The van der Waals surface area contributed by atoms with E-state index in [0.717, 1.165) is 16.5 Å². The highest BCUT2D eigenvalue weighted by Gasteiger charge is 2.28. The van der Waals surface area contributed by atoms with Crippen molar-refractivity contribution < 1.29 is 4.79 Å². The van der Waals surface area contributed by atoms with Crippen LogP contribution in [0, 0.1) is 0 Å². The van der Waals surface area contributed by atoms with Crippen LogP contribution in [-0.2, 0) is 11.2 Å². The fourth-order valence-corrected chi connectivity index (χ4v) is 2.25. The van der Waals surface area contributed by atoms with Crippen molar-refractivity contribution in [1.82, 2.24) is 10.3 Å². The third-order valence-electron chi connectivity index (χ3n) is 3.60. The molecule has 3 nitrogen and oxygen atoms in total. The molecule has 0 aliphatic carbocycles. The van der Waals surface area contributed by atoms with Crippen LogP contribution in [-0.4, -0.2) is 23.4 Å². The van der Waals surface area contributed by atoms with Gasteiger partial charge in [-0.3, -0.25) is 4.79 Å². The maximum absolute atomic E-state index is 11.7. The predicted octanol–water partition coefficient (Wildman–Crippen LogP) is 2.93. The summed E-state index contributed by atoms with van der Waals surface area (Å²) in [4.78, 5) is 14.9. The number of H-pyrrole nitrogens is 1. The number of carbonyl (C=O) groups excluding carboxylic acids is 1. The molecule has 1 atom stereocenters. The molecule has 2 rings (SSSR count). The van der Waals surface area contributed by atoms with E-state index in [4.69, 9.17) is 11.6 Å². The van der Waals surface area contributed by atoms with Crippen molar-refractivity contribution >= 4 is 28.3 Å². The van der Waals surface area contributed by atoms with Crippen molar-refractivity contribution in [3.8, 4) is 0 Å². The lowest BCUT2D eigenvalue weighted by molar-refractivity contribution is -0.122. The number of fused-ring (bicyclic) bond motifs is 1. The van der Waals surface area contributed by atoms with E-state index in [1.54, 1.807) is 6.92 Å². The zero-order chi connectivity index (χ0) is 13.3. The first-order valence-electron chi connectivity index (χ1n) is 5.92. The van der Waals surface area contributed by atoms with Crippen LogP contribution in [0.5, 0.6) is 0 Å². The molecule has 0 unspecified atom stereocenters. The van der Waals surface area contributed by atoms with E-state index in [9.17, 15) is 4.79 Å². The Bertz CT molecular complexity index is 590. The molecular formula is C14H17ClN2O. The topological polar surface area (TPSA) is 44.9 Å². The molecule has 4 heteroatoms. The van der Waals surface area contributed by atoms with E-state index in [0.29, 0.717) is 11.4 Å². The van der Waals surface area contributed by atoms with Crippen LogP contribution in [0.1, 0.15) is 19.4 Å². The van der Waals surface area contributed by atoms with Gasteiger partial charge in [0.05, 0.1) is 5.54 Å². The molecule has 0 amide bonds. The van der Waals surface area contributed by atoms with Gasteiger partial charge in [0, 0.05) is 22.1 Å². The minimum atomic E-state index is -0.533. The Morgan fingerprint density at radius 1 is 1.50 bits per heavy atom. The summed E-state index contributed by atoms with van der Waals surface area (Å²) in [6.45, 7) is 3.53. The number of likely N-dealkylation sites (N-methyl/N-ethyl adjacent to an activating group) is 1. The highest BCUT2D eigenvalue weighted by Crippen LogP contribution is 2.25. The van der Waals surface area contributed by atoms with Gasteiger partial charge < -0.3 is 10.3 Å². The minimum Gasteiger partial charge on any atom is -0.361 e. The number of nitrogens with one attached hydrogen (secondary N) is 2. The highest BCUT2D eigenvalue weighted by molar-refractivity contribution is 6.31. The maximum atomic E-state index is 11.7. The van der Waals surface area contributed by atoms with E-state index in [2.05, 4.69) is 10.3 Å². The van der Waals surface area contributed by atoms with Crippen molar-refractivity contribution in [3.05, 3.63) is 35.0 Å². The van der Waals surface area contributed by atoms with Crippen molar-refractivity contribution in [2.45, 2.75) is 25.8 Å². The number of Topliss-reactive ketones (excluding diaryl/α,β-unsaturated/α-hetero) is 1. The smallest absolute Gasteiger partial charge is 0.149 e. The molecule has 0 aliphatic heterocycles. The van der Waals surface area contributed by atoms with E-state index >= 15 is 0 Å². The first-order chi connectivity index (χ1) is 8.46. The second-order valence-electron chi connectivity index (χ2n) is 4.82.